The Balaban J connectivity index is 2.04. The molecular weight excluding hydrogens is 266 g/mol. The minimum atomic E-state index is 0.134. The average molecular weight is 283 g/mol. The van der Waals surface area contributed by atoms with Crippen LogP contribution in [-0.4, -0.2) is 14.6 Å². The molecule has 2 aromatic heterocycles. The molecule has 0 saturated carbocycles. The van der Waals surface area contributed by atoms with Crippen LogP contribution >= 0.6 is 11.3 Å². The molecule has 1 aromatic carbocycles. The standard InChI is InChI=1S/C16H17N3S/c1-4-13-18-19-12-9-16(2,3)11-8-6-5-7-10(11)14(12)17-15(19)20-13/h5-8H,4,9H2,1-3H3. The Labute approximate surface area is 122 Å². The highest BCUT2D eigenvalue weighted by atomic mass is 32.1. The lowest BCUT2D eigenvalue weighted by atomic mass is 9.73. The lowest BCUT2D eigenvalue weighted by molar-refractivity contribution is 0.503. The van der Waals surface area contributed by atoms with Crippen LogP contribution in [0.1, 0.15) is 37.0 Å². The first kappa shape index (κ1) is 12.1. The van der Waals surface area contributed by atoms with Crippen LogP contribution < -0.4 is 0 Å². The number of aromatic nitrogens is 3. The second-order valence-electron chi connectivity index (χ2n) is 6.06. The van der Waals surface area contributed by atoms with E-state index in [1.807, 2.05) is 0 Å². The summed E-state index contributed by atoms with van der Waals surface area (Å²) < 4.78 is 2.07. The number of hydrogen-bond acceptors (Lipinski definition) is 3. The lowest BCUT2D eigenvalue weighted by Crippen LogP contribution is -2.26. The van der Waals surface area contributed by atoms with Gasteiger partial charge in [0.05, 0.1) is 11.4 Å². The van der Waals surface area contributed by atoms with Crippen LogP contribution in [0.5, 0.6) is 0 Å². The zero-order valence-electron chi connectivity index (χ0n) is 12.0. The molecular formula is C16H17N3S. The average Bonchev–Trinajstić information content (AvgIpc) is 2.97. The molecule has 0 fully saturated rings. The van der Waals surface area contributed by atoms with E-state index in [4.69, 9.17) is 10.1 Å². The van der Waals surface area contributed by atoms with Gasteiger partial charge in [-0.3, -0.25) is 0 Å². The smallest absolute Gasteiger partial charge is 0.212 e. The summed E-state index contributed by atoms with van der Waals surface area (Å²) in [6.45, 7) is 6.76. The van der Waals surface area contributed by atoms with Gasteiger partial charge in [0.1, 0.15) is 5.01 Å². The van der Waals surface area contributed by atoms with Gasteiger partial charge in [-0.15, -0.1) is 0 Å². The number of fused-ring (bicyclic) bond motifs is 5. The van der Waals surface area contributed by atoms with Crippen molar-refractivity contribution < 1.29 is 0 Å². The van der Waals surface area contributed by atoms with Crippen molar-refractivity contribution in [3.8, 4) is 11.3 Å². The highest BCUT2D eigenvalue weighted by Crippen LogP contribution is 2.43. The summed E-state index contributed by atoms with van der Waals surface area (Å²) in [6, 6.07) is 8.64. The molecule has 1 aliphatic carbocycles. The summed E-state index contributed by atoms with van der Waals surface area (Å²) in [6.07, 6.45) is 1.97. The van der Waals surface area contributed by atoms with Crippen molar-refractivity contribution in [2.24, 2.45) is 0 Å². The number of nitrogens with zero attached hydrogens (tertiary/aromatic N) is 3. The summed E-state index contributed by atoms with van der Waals surface area (Å²) in [5, 5.41) is 5.87. The molecule has 1 aliphatic rings. The Morgan fingerprint density at radius 1 is 1.30 bits per heavy atom. The van der Waals surface area contributed by atoms with E-state index in [-0.39, 0.29) is 5.41 Å². The predicted octanol–water partition coefficient (Wildman–Crippen LogP) is 3.85. The van der Waals surface area contributed by atoms with Crippen LogP contribution in [0.4, 0.5) is 0 Å². The minimum absolute atomic E-state index is 0.134. The largest absolute Gasteiger partial charge is 0.217 e. The van der Waals surface area contributed by atoms with E-state index in [1.165, 1.54) is 16.8 Å². The van der Waals surface area contributed by atoms with Gasteiger partial charge < -0.3 is 0 Å². The first-order chi connectivity index (χ1) is 9.60. The molecule has 0 unspecified atom stereocenters. The van der Waals surface area contributed by atoms with Crippen LogP contribution in [0.3, 0.4) is 0 Å². The molecule has 0 amide bonds. The highest BCUT2D eigenvalue weighted by Gasteiger charge is 2.34. The zero-order valence-corrected chi connectivity index (χ0v) is 12.8. The Morgan fingerprint density at radius 3 is 2.90 bits per heavy atom. The van der Waals surface area contributed by atoms with Crippen molar-refractivity contribution in [3.05, 3.63) is 40.5 Å². The third-order valence-electron chi connectivity index (χ3n) is 4.16. The summed E-state index contributed by atoms with van der Waals surface area (Å²) in [4.78, 5) is 5.87. The lowest BCUT2D eigenvalue weighted by Gasteiger charge is -2.31. The van der Waals surface area contributed by atoms with Gasteiger partial charge in [0.2, 0.25) is 4.96 Å². The summed E-state index contributed by atoms with van der Waals surface area (Å²) in [5.41, 5.74) is 5.19. The summed E-state index contributed by atoms with van der Waals surface area (Å²) >= 11 is 1.71. The van der Waals surface area contributed by atoms with Crippen molar-refractivity contribution >= 4 is 16.3 Å². The van der Waals surface area contributed by atoms with Gasteiger partial charge in [-0.2, -0.15) is 5.10 Å². The zero-order chi connectivity index (χ0) is 13.9. The van der Waals surface area contributed by atoms with Crippen molar-refractivity contribution in [2.75, 3.05) is 0 Å². The van der Waals surface area contributed by atoms with E-state index in [2.05, 4.69) is 49.6 Å². The SMILES string of the molecule is CCc1nn2c3c(nc2s1)-c1ccccc1C(C)(C)C3. The monoisotopic (exact) mass is 283 g/mol. The highest BCUT2D eigenvalue weighted by molar-refractivity contribution is 7.16. The molecule has 0 saturated heterocycles. The fraction of sp³-hybridized carbons (Fsp3) is 0.375. The van der Waals surface area contributed by atoms with Crippen molar-refractivity contribution in [1.29, 1.82) is 0 Å². The van der Waals surface area contributed by atoms with E-state index < -0.39 is 0 Å². The molecule has 0 bridgehead atoms. The van der Waals surface area contributed by atoms with Crippen molar-refractivity contribution in [1.82, 2.24) is 14.6 Å². The van der Waals surface area contributed by atoms with Gasteiger partial charge in [-0.1, -0.05) is 56.4 Å². The molecule has 3 nitrogen and oxygen atoms in total. The Morgan fingerprint density at radius 2 is 2.10 bits per heavy atom. The minimum Gasteiger partial charge on any atom is -0.217 e. The van der Waals surface area contributed by atoms with Crippen LogP contribution in [-0.2, 0) is 18.3 Å². The molecule has 0 radical (unpaired) electrons. The molecule has 2 heterocycles. The second-order valence-corrected chi connectivity index (χ2v) is 7.10. The molecule has 0 atom stereocenters. The van der Waals surface area contributed by atoms with Crippen LogP contribution in [0, 0.1) is 0 Å². The van der Waals surface area contributed by atoms with E-state index >= 15 is 0 Å². The number of hydrogen-bond donors (Lipinski definition) is 0. The number of aryl methyl sites for hydroxylation is 1. The van der Waals surface area contributed by atoms with Gasteiger partial charge in [0, 0.05) is 12.0 Å². The van der Waals surface area contributed by atoms with Gasteiger partial charge in [-0.05, 0) is 17.4 Å². The Hall–Kier alpha value is -1.68. The van der Waals surface area contributed by atoms with E-state index in [0.717, 1.165) is 28.5 Å². The van der Waals surface area contributed by atoms with Gasteiger partial charge in [-0.25, -0.2) is 9.50 Å². The van der Waals surface area contributed by atoms with Crippen LogP contribution in [0.2, 0.25) is 0 Å². The quantitative estimate of drug-likeness (QED) is 0.679. The summed E-state index contributed by atoms with van der Waals surface area (Å²) in [5.74, 6) is 0. The molecule has 4 heteroatoms. The maximum absolute atomic E-state index is 4.85. The Bertz CT molecular complexity index is 810. The van der Waals surface area contributed by atoms with Crippen molar-refractivity contribution in [3.63, 3.8) is 0 Å². The van der Waals surface area contributed by atoms with Gasteiger partial charge in [0.15, 0.2) is 0 Å². The maximum Gasteiger partial charge on any atom is 0.212 e. The van der Waals surface area contributed by atoms with E-state index in [9.17, 15) is 0 Å². The topological polar surface area (TPSA) is 30.2 Å². The van der Waals surface area contributed by atoms with Crippen molar-refractivity contribution in [2.45, 2.75) is 39.0 Å². The molecule has 0 aliphatic heterocycles. The molecule has 0 spiro atoms. The Kier molecular flexibility index (Phi) is 2.37. The van der Waals surface area contributed by atoms with E-state index in [0.29, 0.717) is 0 Å². The normalized spacial score (nSPS) is 16.1. The van der Waals surface area contributed by atoms with Crippen LogP contribution in [0.25, 0.3) is 16.2 Å². The molecule has 3 aromatic rings. The third kappa shape index (κ3) is 1.51. The number of imidazole rings is 1. The number of benzene rings is 1. The molecule has 102 valence electrons. The fourth-order valence-corrected chi connectivity index (χ4v) is 3.99. The molecule has 0 N–H and O–H groups in total. The fourth-order valence-electron chi connectivity index (χ4n) is 3.14. The third-order valence-corrected chi connectivity index (χ3v) is 5.21. The predicted molar refractivity (Wildman–Crippen MR) is 82.4 cm³/mol. The number of rotatable bonds is 1. The first-order valence-electron chi connectivity index (χ1n) is 7.07. The maximum atomic E-state index is 4.85. The summed E-state index contributed by atoms with van der Waals surface area (Å²) in [7, 11) is 0. The van der Waals surface area contributed by atoms with E-state index in [1.54, 1.807) is 11.3 Å². The first-order valence-corrected chi connectivity index (χ1v) is 7.89. The second kappa shape index (κ2) is 3.92. The van der Waals surface area contributed by atoms with Gasteiger partial charge >= 0.3 is 0 Å². The van der Waals surface area contributed by atoms with Crippen LogP contribution in [0.15, 0.2) is 24.3 Å². The van der Waals surface area contributed by atoms with Gasteiger partial charge in [0.25, 0.3) is 0 Å². The molecule has 4 rings (SSSR count). The molecule has 20 heavy (non-hydrogen) atoms.